The number of aromatic nitrogens is 1. The number of hydrogen-bond donors (Lipinski definition) is 0. The molecule has 2 nitrogen and oxygen atoms in total. The number of nitrogens with zero attached hydrogens (tertiary/aromatic N) is 2. The fourth-order valence-corrected chi connectivity index (χ4v) is 5.44. The molecular weight excluding hydrogens is 498 g/mol. The fourth-order valence-electron chi connectivity index (χ4n) is 5.44. The second-order valence-corrected chi connectivity index (χ2v) is 9.76. The molecule has 1 aromatic heterocycles. The summed E-state index contributed by atoms with van der Waals surface area (Å²) in [5, 5.41) is 2.40. The molecule has 40 heavy (non-hydrogen) atoms. The number of para-hydroxylation sites is 2. The van der Waals surface area contributed by atoms with Gasteiger partial charge in [0, 0.05) is 33.5 Å². The molecule has 0 aliphatic rings. The zero-order valence-electron chi connectivity index (χ0n) is 21.5. The Hall–Kier alpha value is -5.22. The van der Waals surface area contributed by atoms with Crippen LogP contribution in [0.5, 0.6) is 0 Å². The molecule has 0 fully saturated rings. The van der Waals surface area contributed by atoms with E-state index in [2.05, 4.69) is 83.4 Å². The average molecular weight is 523 g/mol. The van der Waals surface area contributed by atoms with Crippen LogP contribution in [0.15, 0.2) is 146 Å². The Morgan fingerprint density at radius 3 is 1.55 bits per heavy atom. The van der Waals surface area contributed by atoms with Crippen molar-refractivity contribution in [2.24, 2.45) is 0 Å². The first-order chi connectivity index (χ1) is 19.7. The van der Waals surface area contributed by atoms with Crippen LogP contribution in [0.25, 0.3) is 38.6 Å². The van der Waals surface area contributed by atoms with Crippen LogP contribution in [-0.2, 0) is 0 Å². The average Bonchev–Trinajstić information content (AvgIpc) is 3.34. The minimum Gasteiger partial charge on any atom is -0.310 e. The van der Waals surface area contributed by atoms with E-state index in [-0.39, 0.29) is 11.6 Å². The summed E-state index contributed by atoms with van der Waals surface area (Å²) < 4.78 is 29.7. The Kier molecular flexibility index (Phi) is 5.86. The zero-order valence-corrected chi connectivity index (χ0v) is 21.5. The van der Waals surface area contributed by atoms with Crippen molar-refractivity contribution in [1.29, 1.82) is 0 Å². The lowest BCUT2D eigenvalue weighted by Crippen LogP contribution is -2.09. The lowest BCUT2D eigenvalue weighted by atomic mass is 10.0. The Morgan fingerprint density at radius 1 is 0.425 bits per heavy atom. The molecule has 0 saturated carbocycles. The third kappa shape index (κ3) is 4.20. The Balaban J connectivity index is 1.31. The first-order valence-corrected chi connectivity index (χ1v) is 13.2. The number of hydrogen-bond acceptors (Lipinski definition) is 1. The van der Waals surface area contributed by atoms with Crippen LogP contribution < -0.4 is 4.90 Å². The molecule has 7 rings (SSSR count). The maximum absolute atomic E-state index is 13.7. The highest BCUT2D eigenvalue weighted by atomic mass is 19.1. The van der Waals surface area contributed by atoms with Gasteiger partial charge in [0.25, 0.3) is 0 Å². The Labute approximate surface area is 231 Å². The monoisotopic (exact) mass is 522 g/mol. The highest BCUT2D eigenvalue weighted by Gasteiger charge is 2.15. The van der Waals surface area contributed by atoms with E-state index in [1.807, 2.05) is 23.1 Å². The molecule has 192 valence electrons. The highest BCUT2D eigenvalue weighted by Crippen LogP contribution is 2.38. The van der Waals surface area contributed by atoms with Crippen LogP contribution in [0.4, 0.5) is 25.8 Å². The van der Waals surface area contributed by atoms with Crippen molar-refractivity contribution in [2.75, 3.05) is 4.90 Å². The normalized spacial score (nSPS) is 11.2. The SMILES string of the molecule is Fc1ccc(N(c2ccc(F)cc2)c2ccc(-c3ccc4c(c3)c3ccccc3n4-c3ccccc3)cc2)cc1. The molecule has 6 aromatic carbocycles. The summed E-state index contributed by atoms with van der Waals surface area (Å²) in [6.45, 7) is 0. The van der Waals surface area contributed by atoms with Gasteiger partial charge in [-0.15, -0.1) is 0 Å². The highest BCUT2D eigenvalue weighted by molar-refractivity contribution is 6.10. The molecule has 0 amide bonds. The first-order valence-electron chi connectivity index (χ1n) is 13.2. The van der Waals surface area contributed by atoms with Crippen molar-refractivity contribution in [3.8, 4) is 16.8 Å². The van der Waals surface area contributed by atoms with Gasteiger partial charge in [-0.2, -0.15) is 0 Å². The van der Waals surface area contributed by atoms with Gasteiger partial charge in [0.05, 0.1) is 11.0 Å². The summed E-state index contributed by atoms with van der Waals surface area (Å²) in [6.07, 6.45) is 0. The molecule has 0 spiro atoms. The third-order valence-electron chi connectivity index (χ3n) is 7.32. The van der Waals surface area contributed by atoms with Crippen molar-refractivity contribution >= 4 is 38.9 Å². The summed E-state index contributed by atoms with van der Waals surface area (Å²) in [7, 11) is 0. The Morgan fingerprint density at radius 2 is 0.925 bits per heavy atom. The smallest absolute Gasteiger partial charge is 0.123 e. The van der Waals surface area contributed by atoms with Gasteiger partial charge in [0.2, 0.25) is 0 Å². The molecule has 1 heterocycles. The van der Waals surface area contributed by atoms with Crippen LogP contribution in [0.3, 0.4) is 0 Å². The molecule has 0 atom stereocenters. The topological polar surface area (TPSA) is 8.17 Å². The lowest BCUT2D eigenvalue weighted by Gasteiger charge is -2.25. The quantitative estimate of drug-likeness (QED) is 0.218. The van der Waals surface area contributed by atoms with Gasteiger partial charge in [0.1, 0.15) is 11.6 Å². The number of rotatable bonds is 5. The largest absolute Gasteiger partial charge is 0.310 e. The van der Waals surface area contributed by atoms with E-state index in [0.29, 0.717) is 0 Å². The van der Waals surface area contributed by atoms with Crippen LogP contribution in [-0.4, -0.2) is 4.57 Å². The van der Waals surface area contributed by atoms with Crippen molar-refractivity contribution < 1.29 is 8.78 Å². The van der Waals surface area contributed by atoms with E-state index in [4.69, 9.17) is 0 Å². The van der Waals surface area contributed by atoms with E-state index < -0.39 is 0 Å². The van der Waals surface area contributed by atoms with E-state index in [1.165, 1.54) is 40.6 Å². The summed E-state index contributed by atoms with van der Waals surface area (Å²) in [5.41, 5.74) is 8.13. The Bertz CT molecular complexity index is 1890. The van der Waals surface area contributed by atoms with Gasteiger partial charge in [-0.05, 0) is 102 Å². The van der Waals surface area contributed by atoms with E-state index in [1.54, 1.807) is 24.3 Å². The molecule has 0 aliphatic carbocycles. The number of halogens is 2. The zero-order chi connectivity index (χ0) is 27.1. The van der Waals surface area contributed by atoms with Crippen molar-refractivity contribution in [3.63, 3.8) is 0 Å². The van der Waals surface area contributed by atoms with Crippen LogP contribution in [0, 0.1) is 11.6 Å². The number of anilines is 3. The molecule has 0 saturated heterocycles. The van der Waals surface area contributed by atoms with Crippen molar-refractivity contribution in [1.82, 2.24) is 4.57 Å². The molecule has 4 heteroatoms. The second-order valence-electron chi connectivity index (χ2n) is 9.76. The second kappa shape index (κ2) is 9.83. The standard InChI is InChI=1S/C36H24F2N2/c37-27-13-19-31(20-14-27)39(32-21-15-28(38)16-22-32)30-17-10-25(11-18-30)26-12-23-36-34(24-26)33-8-4-5-9-35(33)40(36)29-6-2-1-3-7-29/h1-24H. The molecule has 0 unspecified atom stereocenters. The maximum Gasteiger partial charge on any atom is 0.123 e. The van der Waals surface area contributed by atoms with Crippen LogP contribution in [0.1, 0.15) is 0 Å². The van der Waals surface area contributed by atoms with E-state index >= 15 is 0 Å². The summed E-state index contributed by atoms with van der Waals surface area (Å²) in [5.74, 6) is -0.607. The third-order valence-corrected chi connectivity index (χ3v) is 7.32. The summed E-state index contributed by atoms with van der Waals surface area (Å²) >= 11 is 0. The molecule has 0 N–H and O–H groups in total. The van der Waals surface area contributed by atoms with Gasteiger partial charge >= 0.3 is 0 Å². The first kappa shape index (κ1) is 23.9. The number of benzene rings is 6. The molecular formula is C36H24F2N2. The lowest BCUT2D eigenvalue weighted by molar-refractivity contribution is 0.628. The predicted octanol–water partition coefficient (Wildman–Crippen LogP) is 10.2. The van der Waals surface area contributed by atoms with Gasteiger partial charge in [-0.3, -0.25) is 0 Å². The van der Waals surface area contributed by atoms with Crippen LogP contribution in [0.2, 0.25) is 0 Å². The van der Waals surface area contributed by atoms with Gasteiger partial charge < -0.3 is 9.47 Å². The van der Waals surface area contributed by atoms with Gasteiger partial charge in [-0.1, -0.05) is 54.6 Å². The van der Waals surface area contributed by atoms with Crippen LogP contribution >= 0.6 is 0 Å². The van der Waals surface area contributed by atoms with Crippen molar-refractivity contribution in [2.45, 2.75) is 0 Å². The van der Waals surface area contributed by atoms with Gasteiger partial charge in [0.15, 0.2) is 0 Å². The summed E-state index contributed by atoms with van der Waals surface area (Å²) in [6, 6.07) is 46.4. The summed E-state index contributed by atoms with van der Waals surface area (Å²) in [4.78, 5) is 1.99. The molecule has 0 aliphatic heterocycles. The fraction of sp³-hybridized carbons (Fsp3) is 0. The molecule has 7 aromatic rings. The number of fused-ring (bicyclic) bond motifs is 3. The predicted molar refractivity (Wildman–Crippen MR) is 161 cm³/mol. The van der Waals surface area contributed by atoms with E-state index in [9.17, 15) is 8.78 Å². The molecule has 0 radical (unpaired) electrons. The maximum atomic E-state index is 13.7. The molecule has 0 bridgehead atoms. The van der Waals surface area contributed by atoms with Crippen molar-refractivity contribution in [3.05, 3.63) is 157 Å². The van der Waals surface area contributed by atoms with Gasteiger partial charge in [-0.25, -0.2) is 8.78 Å². The van der Waals surface area contributed by atoms with E-state index in [0.717, 1.165) is 39.4 Å². The minimum atomic E-state index is -0.304. The minimum absolute atomic E-state index is 0.304.